The largest absolute Gasteiger partial charge is 0.420 e. The Labute approximate surface area is 79.1 Å². The maximum Gasteiger partial charge on any atom is 0.293 e. The van der Waals surface area contributed by atoms with E-state index in [1.165, 1.54) is 0 Å². The molecule has 4 heteroatoms. The second-order valence-corrected chi connectivity index (χ2v) is 4.38. The van der Waals surface area contributed by atoms with E-state index in [0.29, 0.717) is 4.67 Å². The lowest BCUT2D eigenvalue weighted by atomic mass is 9.93. The van der Waals surface area contributed by atoms with Crippen LogP contribution in [-0.2, 0) is 5.41 Å². The first-order valence-corrected chi connectivity index (χ1v) is 4.40. The van der Waals surface area contributed by atoms with Gasteiger partial charge in [-0.05, 0) is 27.5 Å². The molecular formula is C7H9BrClNO. The van der Waals surface area contributed by atoms with Crippen molar-refractivity contribution in [2.45, 2.75) is 26.2 Å². The van der Waals surface area contributed by atoms with Gasteiger partial charge in [0, 0.05) is 5.41 Å². The predicted octanol–water partition coefficient (Wildman–Crippen LogP) is 3.39. The fraction of sp³-hybridized carbons (Fsp3) is 0.571. The molecule has 0 aromatic carbocycles. The summed E-state index contributed by atoms with van der Waals surface area (Å²) in [6, 6.07) is 0. The van der Waals surface area contributed by atoms with Gasteiger partial charge in [-0.3, -0.25) is 0 Å². The number of nitrogens with zero attached hydrogens (tertiary/aromatic N) is 1. The molecule has 62 valence electrons. The topological polar surface area (TPSA) is 26.0 Å². The molecule has 0 aliphatic carbocycles. The average molecular weight is 239 g/mol. The number of rotatable bonds is 0. The minimum Gasteiger partial charge on any atom is -0.420 e. The van der Waals surface area contributed by atoms with E-state index >= 15 is 0 Å². The van der Waals surface area contributed by atoms with Gasteiger partial charge in [0.25, 0.3) is 5.35 Å². The van der Waals surface area contributed by atoms with Crippen LogP contribution >= 0.6 is 27.5 Å². The highest BCUT2D eigenvalue weighted by atomic mass is 79.9. The first kappa shape index (κ1) is 9.07. The fourth-order valence-corrected chi connectivity index (χ4v) is 1.83. The molecule has 0 saturated carbocycles. The Morgan fingerprint density at radius 1 is 1.45 bits per heavy atom. The van der Waals surface area contributed by atoms with Crippen molar-refractivity contribution in [3.05, 3.63) is 15.7 Å². The first-order chi connectivity index (χ1) is 4.91. The van der Waals surface area contributed by atoms with Crippen LogP contribution in [0.25, 0.3) is 0 Å². The van der Waals surface area contributed by atoms with Crippen LogP contribution in [0.5, 0.6) is 0 Å². The van der Waals surface area contributed by atoms with Gasteiger partial charge < -0.3 is 4.42 Å². The monoisotopic (exact) mass is 237 g/mol. The van der Waals surface area contributed by atoms with E-state index in [9.17, 15) is 0 Å². The Balaban J connectivity index is 3.13. The van der Waals surface area contributed by atoms with Crippen molar-refractivity contribution in [1.29, 1.82) is 0 Å². The van der Waals surface area contributed by atoms with E-state index in [1.807, 2.05) is 20.8 Å². The van der Waals surface area contributed by atoms with Gasteiger partial charge in [0.05, 0.1) is 0 Å². The first-order valence-electron chi connectivity index (χ1n) is 3.23. The molecule has 0 saturated heterocycles. The van der Waals surface area contributed by atoms with Crippen molar-refractivity contribution in [3.63, 3.8) is 0 Å². The minimum absolute atomic E-state index is 0.0323. The van der Waals surface area contributed by atoms with Gasteiger partial charge in [-0.1, -0.05) is 20.8 Å². The molecule has 0 radical (unpaired) electrons. The number of oxazole rings is 1. The summed E-state index contributed by atoms with van der Waals surface area (Å²) in [7, 11) is 0. The normalized spacial score (nSPS) is 12.1. The molecule has 0 spiro atoms. The molecule has 0 aliphatic heterocycles. The van der Waals surface area contributed by atoms with Crippen molar-refractivity contribution in [2.75, 3.05) is 0 Å². The Morgan fingerprint density at radius 3 is 2.18 bits per heavy atom. The fourth-order valence-electron chi connectivity index (χ4n) is 0.739. The molecule has 0 atom stereocenters. The Kier molecular flexibility index (Phi) is 2.30. The lowest BCUT2D eigenvalue weighted by Gasteiger charge is -2.13. The smallest absolute Gasteiger partial charge is 0.293 e. The summed E-state index contributed by atoms with van der Waals surface area (Å²) < 4.78 is 5.63. The van der Waals surface area contributed by atoms with Crippen LogP contribution in [0.4, 0.5) is 0 Å². The zero-order valence-corrected chi connectivity index (χ0v) is 8.95. The summed E-state index contributed by atoms with van der Waals surface area (Å²) in [6.07, 6.45) is 0. The third kappa shape index (κ3) is 1.97. The molecule has 0 bridgehead atoms. The lowest BCUT2D eigenvalue weighted by Crippen LogP contribution is -2.12. The highest BCUT2D eigenvalue weighted by Gasteiger charge is 2.22. The van der Waals surface area contributed by atoms with Gasteiger partial charge >= 0.3 is 0 Å². The molecule has 0 amide bonds. The summed E-state index contributed by atoms with van der Waals surface area (Å²) in [4.78, 5) is 4.03. The van der Waals surface area contributed by atoms with Crippen LogP contribution in [-0.4, -0.2) is 4.98 Å². The van der Waals surface area contributed by atoms with Crippen LogP contribution in [0, 0.1) is 0 Å². The summed E-state index contributed by atoms with van der Waals surface area (Å²) in [5.41, 5.74) is 0.817. The van der Waals surface area contributed by atoms with Crippen molar-refractivity contribution in [1.82, 2.24) is 4.98 Å². The Morgan fingerprint density at radius 2 is 2.00 bits per heavy atom. The van der Waals surface area contributed by atoms with Gasteiger partial charge in [-0.15, -0.1) is 0 Å². The summed E-state index contributed by atoms with van der Waals surface area (Å²) in [6.45, 7) is 6.14. The number of hydrogen-bond donors (Lipinski definition) is 0. The average Bonchev–Trinajstić information content (AvgIpc) is 2.08. The van der Waals surface area contributed by atoms with Gasteiger partial charge in [-0.25, -0.2) is 4.98 Å². The summed E-state index contributed by atoms with van der Waals surface area (Å²) >= 11 is 8.80. The zero-order chi connectivity index (χ0) is 8.65. The highest BCUT2D eigenvalue weighted by molar-refractivity contribution is 9.10. The molecule has 1 aromatic rings. The van der Waals surface area contributed by atoms with Gasteiger partial charge in [-0.2, -0.15) is 0 Å². The standard InChI is InChI=1S/C7H9BrClNO/c1-7(2,3)4-5(8)11-6(9)10-4/h1-3H3. The molecular weight excluding hydrogens is 229 g/mol. The molecule has 0 aliphatic rings. The van der Waals surface area contributed by atoms with Crippen LogP contribution in [0.1, 0.15) is 26.5 Å². The van der Waals surface area contributed by atoms with Crippen LogP contribution in [0.15, 0.2) is 9.09 Å². The molecule has 0 fully saturated rings. The number of aromatic nitrogens is 1. The molecule has 1 rings (SSSR count). The van der Waals surface area contributed by atoms with E-state index in [-0.39, 0.29) is 10.8 Å². The summed E-state index contributed by atoms with van der Waals surface area (Å²) in [5, 5.41) is 0.182. The van der Waals surface area contributed by atoms with Crippen molar-refractivity contribution in [2.24, 2.45) is 0 Å². The maximum atomic E-state index is 5.56. The minimum atomic E-state index is -0.0323. The number of hydrogen-bond acceptors (Lipinski definition) is 2. The third-order valence-electron chi connectivity index (χ3n) is 1.27. The van der Waals surface area contributed by atoms with E-state index < -0.39 is 0 Å². The Bertz CT molecular complexity index is 264. The molecule has 0 unspecified atom stereocenters. The van der Waals surface area contributed by atoms with E-state index in [4.69, 9.17) is 16.0 Å². The van der Waals surface area contributed by atoms with Crippen LogP contribution in [0.3, 0.4) is 0 Å². The van der Waals surface area contributed by atoms with Crippen molar-refractivity contribution in [3.8, 4) is 0 Å². The second-order valence-electron chi connectivity index (χ2n) is 3.34. The van der Waals surface area contributed by atoms with Crippen LogP contribution in [0.2, 0.25) is 5.35 Å². The number of halogens is 2. The van der Waals surface area contributed by atoms with Crippen molar-refractivity contribution >= 4 is 27.5 Å². The predicted molar refractivity (Wildman–Crippen MR) is 47.9 cm³/mol. The van der Waals surface area contributed by atoms with Gasteiger partial charge in [0.15, 0.2) is 4.67 Å². The quantitative estimate of drug-likeness (QED) is 0.692. The van der Waals surface area contributed by atoms with Gasteiger partial charge in [0.2, 0.25) is 0 Å². The van der Waals surface area contributed by atoms with Gasteiger partial charge in [0.1, 0.15) is 5.69 Å². The molecule has 11 heavy (non-hydrogen) atoms. The zero-order valence-electron chi connectivity index (χ0n) is 6.61. The van der Waals surface area contributed by atoms with E-state index in [0.717, 1.165) is 5.69 Å². The Hall–Kier alpha value is -0.0200. The molecule has 1 aromatic heterocycles. The SMILES string of the molecule is CC(C)(C)c1nc(Cl)oc1Br. The molecule has 1 heterocycles. The maximum absolute atomic E-state index is 5.56. The molecule has 0 N–H and O–H groups in total. The second kappa shape index (κ2) is 2.79. The van der Waals surface area contributed by atoms with Crippen LogP contribution < -0.4 is 0 Å². The van der Waals surface area contributed by atoms with Crippen molar-refractivity contribution < 1.29 is 4.42 Å². The van der Waals surface area contributed by atoms with E-state index in [1.54, 1.807) is 0 Å². The summed E-state index contributed by atoms with van der Waals surface area (Å²) in [5.74, 6) is 0. The molecule has 2 nitrogen and oxygen atoms in total. The lowest BCUT2D eigenvalue weighted by molar-refractivity contribution is 0.514. The third-order valence-corrected chi connectivity index (χ3v) is 1.97. The van der Waals surface area contributed by atoms with E-state index in [2.05, 4.69) is 20.9 Å². The highest BCUT2D eigenvalue weighted by Crippen LogP contribution is 2.30.